The highest BCUT2D eigenvalue weighted by Crippen LogP contribution is 2.66. The van der Waals surface area contributed by atoms with Gasteiger partial charge >= 0.3 is 0 Å². The number of hydrogen-bond donors (Lipinski definition) is 2. The first kappa shape index (κ1) is 20.6. The zero-order valence-electron chi connectivity index (χ0n) is 18.8. The normalized spacial score (nSPS) is 55.6. The molecule has 1 saturated heterocycles. The average Bonchev–Trinajstić information content (AvgIpc) is 2.60. The van der Waals surface area contributed by atoms with E-state index in [2.05, 4.69) is 48.5 Å². The Kier molecular flexibility index (Phi) is 4.19. The van der Waals surface area contributed by atoms with E-state index < -0.39 is 22.0 Å². The minimum Gasteiger partial charge on any atom is -0.389 e. The number of rotatable bonds is 0. The van der Waals surface area contributed by atoms with Gasteiger partial charge in [0.15, 0.2) is 0 Å². The Bertz CT molecular complexity index is 754. The standard InChI is InChI=1S/C24H38O4/c1-12-10-24(27)16(5)19-22(8,13(2)9-17-23(19,26)11-28-17)20(25)15(4)18(14(12)3)21(24,6)7/h12-13,15-17,19,26-27H,9-11H2,1-8H3. The molecule has 9 unspecified atom stereocenters. The smallest absolute Gasteiger partial charge is 0.146 e. The molecule has 4 heteroatoms. The number of ketones is 1. The van der Waals surface area contributed by atoms with Gasteiger partial charge in [-0.2, -0.15) is 0 Å². The molecule has 0 amide bonds. The van der Waals surface area contributed by atoms with Crippen LogP contribution in [0.2, 0.25) is 0 Å². The molecule has 3 fully saturated rings. The number of fused-ring (bicyclic) bond motifs is 5. The van der Waals surface area contributed by atoms with Crippen molar-refractivity contribution in [1.29, 1.82) is 0 Å². The van der Waals surface area contributed by atoms with Gasteiger partial charge in [0.05, 0.1) is 18.3 Å². The van der Waals surface area contributed by atoms with Crippen molar-refractivity contribution in [3.05, 3.63) is 11.1 Å². The zero-order chi connectivity index (χ0) is 21.0. The second-order valence-electron chi connectivity index (χ2n) is 11.3. The number of ether oxygens (including phenoxy) is 1. The Morgan fingerprint density at radius 2 is 1.68 bits per heavy atom. The average molecular weight is 391 g/mol. The first-order valence-corrected chi connectivity index (χ1v) is 11.1. The predicted molar refractivity (Wildman–Crippen MR) is 109 cm³/mol. The third-order valence-corrected chi connectivity index (χ3v) is 10.00. The topological polar surface area (TPSA) is 66.8 Å². The van der Waals surface area contributed by atoms with E-state index in [1.54, 1.807) is 0 Å². The maximum absolute atomic E-state index is 14.1. The van der Waals surface area contributed by atoms with Crippen molar-refractivity contribution in [1.82, 2.24) is 0 Å². The minimum atomic E-state index is -1.03. The molecule has 2 N–H and O–H groups in total. The van der Waals surface area contributed by atoms with Gasteiger partial charge in [-0.25, -0.2) is 0 Å². The first-order chi connectivity index (χ1) is 12.7. The fraction of sp³-hybridized carbons (Fsp3) is 0.875. The van der Waals surface area contributed by atoms with Crippen molar-refractivity contribution in [2.45, 2.75) is 85.5 Å². The molecule has 1 heterocycles. The summed E-state index contributed by atoms with van der Waals surface area (Å²) in [4.78, 5) is 14.1. The molecule has 0 spiro atoms. The number of allylic oxidation sites excluding steroid dienone is 1. The van der Waals surface area contributed by atoms with Crippen molar-refractivity contribution in [2.75, 3.05) is 6.61 Å². The lowest BCUT2D eigenvalue weighted by molar-refractivity contribution is -0.328. The lowest BCUT2D eigenvalue weighted by Gasteiger charge is -2.68. The summed E-state index contributed by atoms with van der Waals surface area (Å²) < 4.78 is 5.76. The summed E-state index contributed by atoms with van der Waals surface area (Å²) in [5.74, 6) is -0.229. The molecule has 9 atom stereocenters. The molecule has 0 radical (unpaired) electrons. The molecule has 1 aliphatic heterocycles. The fourth-order valence-corrected chi connectivity index (χ4v) is 8.05. The maximum atomic E-state index is 14.1. The highest BCUT2D eigenvalue weighted by atomic mass is 16.6. The molecule has 4 rings (SSSR count). The van der Waals surface area contributed by atoms with Gasteiger partial charge in [-0.3, -0.25) is 4.79 Å². The van der Waals surface area contributed by atoms with Crippen LogP contribution < -0.4 is 0 Å². The number of aliphatic hydroxyl groups is 2. The largest absolute Gasteiger partial charge is 0.389 e. The van der Waals surface area contributed by atoms with Crippen LogP contribution in [0.3, 0.4) is 0 Å². The highest BCUT2D eigenvalue weighted by Gasteiger charge is 2.72. The van der Waals surface area contributed by atoms with Gasteiger partial charge in [0.25, 0.3) is 0 Å². The molecule has 158 valence electrons. The number of carbonyl (C=O) groups excluding carboxylic acids is 1. The lowest BCUT2D eigenvalue weighted by atomic mass is 9.40. The monoisotopic (exact) mass is 390 g/mol. The molecular formula is C24H38O4. The molecule has 0 aromatic heterocycles. The Labute approximate surface area is 169 Å². The van der Waals surface area contributed by atoms with Crippen molar-refractivity contribution in [3.63, 3.8) is 0 Å². The van der Waals surface area contributed by atoms with Crippen LogP contribution in [0, 0.1) is 40.4 Å². The Hall–Kier alpha value is -0.710. The van der Waals surface area contributed by atoms with Gasteiger partial charge in [-0.15, -0.1) is 0 Å². The molecule has 3 aliphatic carbocycles. The summed E-state index contributed by atoms with van der Waals surface area (Å²) in [5, 5.41) is 24.0. The molecule has 0 aromatic rings. The van der Waals surface area contributed by atoms with E-state index in [9.17, 15) is 15.0 Å². The lowest BCUT2D eigenvalue weighted by Crippen LogP contribution is -2.77. The van der Waals surface area contributed by atoms with E-state index in [1.807, 2.05) is 6.92 Å². The van der Waals surface area contributed by atoms with Crippen molar-refractivity contribution in [3.8, 4) is 0 Å². The van der Waals surface area contributed by atoms with Gasteiger partial charge in [-0.1, -0.05) is 59.6 Å². The molecule has 2 saturated carbocycles. The fourth-order valence-electron chi connectivity index (χ4n) is 8.05. The molecule has 4 aliphatic rings. The molecule has 28 heavy (non-hydrogen) atoms. The second-order valence-corrected chi connectivity index (χ2v) is 11.3. The summed E-state index contributed by atoms with van der Waals surface area (Å²) in [6.07, 6.45) is 1.14. The number of hydrogen-bond acceptors (Lipinski definition) is 4. The van der Waals surface area contributed by atoms with Crippen LogP contribution in [0.4, 0.5) is 0 Å². The molecule has 4 nitrogen and oxygen atoms in total. The van der Waals surface area contributed by atoms with E-state index in [0.717, 1.165) is 5.57 Å². The van der Waals surface area contributed by atoms with Crippen molar-refractivity contribution in [2.24, 2.45) is 40.4 Å². The van der Waals surface area contributed by atoms with Gasteiger partial charge in [0, 0.05) is 22.7 Å². The van der Waals surface area contributed by atoms with E-state index in [1.165, 1.54) is 5.57 Å². The zero-order valence-corrected chi connectivity index (χ0v) is 18.8. The van der Waals surface area contributed by atoms with E-state index in [-0.39, 0.29) is 48.1 Å². The quantitative estimate of drug-likeness (QED) is 0.618. The molecule has 2 bridgehead atoms. The maximum Gasteiger partial charge on any atom is 0.146 e. The van der Waals surface area contributed by atoms with Crippen LogP contribution in [0.5, 0.6) is 0 Å². The first-order valence-electron chi connectivity index (χ1n) is 11.1. The molecular weight excluding hydrogens is 352 g/mol. The summed E-state index contributed by atoms with van der Waals surface area (Å²) in [7, 11) is 0. The van der Waals surface area contributed by atoms with Crippen LogP contribution in [0.15, 0.2) is 11.1 Å². The van der Waals surface area contributed by atoms with Crippen molar-refractivity contribution >= 4 is 5.78 Å². The number of Topliss-reactive ketones (excluding diaryl/α,β-unsaturated/α-hetero) is 1. The minimum absolute atomic E-state index is 0.101. The predicted octanol–water partition coefficient (Wildman–Crippen LogP) is 3.75. The van der Waals surface area contributed by atoms with E-state index in [4.69, 9.17) is 4.74 Å². The van der Waals surface area contributed by atoms with Crippen LogP contribution in [0.1, 0.15) is 68.2 Å². The van der Waals surface area contributed by atoms with Crippen LogP contribution in [0.25, 0.3) is 0 Å². The highest BCUT2D eigenvalue weighted by molar-refractivity contribution is 5.90. The van der Waals surface area contributed by atoms with Crippen LogP contribution >= 0.6 is 0 Å². The van der Waals surface area contributed by atoms with Gasteiger partial charge in [0.1, 0.15) is 11.4 Å². The van der Waals surface area contributed by atoms with Gasteiger partial charge in [0.2, 0.25) is 0 Å². The summed E-state index contributed by atoms with van der Waals surface area (Å²) >= 11 is 0. The van der Waals surface area contributed by atoms with Crippen LogP contribution in [-0.2, 0) is 9.53 Å². The third-order valence-electron chi connectivity index (χ3n) is 10.00. The third kappa shape index (κ3) is 2.05. The van der Waals surface area contributed by atoms with E-state index in [0.29, 0.717) is 12.8 Å². The second kappa shape index (κ2) is 5.70. The van der Waals surface area contributed by atoms with Crippen LogP contribution in [-0.4, -0.2) is 39.9 Å². The summed E-state index contributed by atoms with van der Waals surface area (Å²) in [5.41, 5.74) is -0.817. The van der Waals surface area contributed by atoms with Gasteiger partial charge < -0.3 is 14.9 Å². The van der Waals surface area contributed by atoms with E-state index >= 15 is 0 Å². The Morgan fingerprint density at radius 3 is 2.21 bits per heavy atom. The summed E-state index contributed by atoms with van der Waals surface area (Å²) in [6.45, 7) is 17.1. The van der Waals surface area contributed by atoms with Gasteiger partial charge in [-0.05, 0) is 37.5 Å². The number of carbonyl (C=O) groups is 1. The Morgan fingerprint density at radius 1 is 1.07 bits per heavy atom. The Balaban J connectivity index is 2.01. The molecule has 0 aromatic carbocycles. The summed E-state index contributed by atoms with van der Waals surface area (Å²) in [6, 6.07) is 0. The van der Waals surface area contributed by atoms with Crippen molar-refractivity contribution < 1.29 is 19.7 Å². The SMILES string of the molecule is CC1=C2C(C)C(=O)C3(C)C(C)CC4OCC4(O)C3C(C)C(O)(CC1C)C2(C)C.